The van der Waals surface area contributed by atoms with Gasteiger partial charge in [0, 0.05) is 6.61 Å². The van der Waals surface area contributed by atoms with Gasteiger partial charge < -0.3 is 15.2 Å². The molecule has 0 saturated carbocycles. The quantitative estimate of drug-likeness (QED) is 0.884. The first kappa shape index (κ1) is 11.5. The smallest absolute Gasteiger partial charge is 0.232 e. The molecule has 1 aliphatic heterocycles. The van der Waals surface area contributed by atoms with Crippen LogP contribution >= 0.6 is 11.6 Å². The van der Waals surface area contributed by atoms with Gasteiger partial charge in [0.15, 0.2) is 0 Å². The van der Waals surface area contributed by atoms with Crippen LogP contribution in [0.3, 0.4) is 0 Å². The Labute approximate surface area is 99.7 Å². The number of hydrogen-bond donors (Lipinski definition) is 1. The summed E-state index contributed by atoms with van der Waals surface area (Å²) >= 11 is 5.94. The first-order valence-corrected chi connectivity index (χ1v) is 5.79. The highest BCUT2D eigenvalue weighted by Crippen LogP contribution is 2.24. The Balaban J connectivity index is 1.88. The minimum absolute atomic E-state index is 0.157. The van der Waals surface area contributed by atoms with Crippen molar-refractivity contribution < 1.29 is 9.47 Å². The number of halogens is 1. The Morgan fingerprint density at radius 3 is 3.12 bits per heavy atom. The zero-order valence-corrected chi connectivity index (χ0v) is 9.74. The van der Waals surface area contributed by atoms with Crippen molar-refractivity contribution in [2.75, 3.05) is 18.9 Å². The third kappa shape index (κ3) is 3.00. The van der Waals surface area contributed by atoms with Crippen LogP contribution in [0.25, 0.3) is 0 Å². The molecule has 1 fully saturated rings. The zero-order chi connectivity index (χ0) is 11.4. The summed E-state index contributed by atoms with van der Waals surface area (Å²) in [6.45, 7) is 1.31. The van der Waals surface area contributed by atoms with E-state index in [-0.39, 0.29) is 6.10 Å². The van der Waals surface area contributed by atoms with E-state index in [1.165, 1.54) is 12.6 Å². The third-order valence-corrected chi connectivity index (χ3v) is 2.78. The number of aromatic nitrogens is 1. The van der Waals surface area contributed by atoms with Gasteiger partial charge >= 0.3 is 0 Å². The Hall–Kier alpha value is -1.00. The van der Waals surface area contributed by atoms with Crippen molar-refractivity contribution in [1.29, 1.82) is 0 Å². The summed E-state index contributed by atoms with van der Waals surface area (Å²) < 4.78 is 11.1. The Bertz CT molecular complexity index is 354. The van der Waals surface area contributed by atoms with Crippen molar-refractivity contribution in [2.45, 2.75) is 25.4 Å². The predicted octanol–water partition coefficient (Wildman–Crippen LogP) is 2.27. The lowest BCUT2D eigenvalue weighted by Crippen LogP contribution is -2.26. The van der Waals surface area contributed by atoms with Crippen LogP contribution in [0.1, 0.15) is 19.3 Å². The van der Waals surface area contributed by atoms with E-state index in [4.69, 9.17) is 26.8 Å². The average Bonchev–Trinajstić information content (AvgIpc) is 2.29. The molecule has 0 amide bonds. The summed E-state index contributed by atoms with van der Waals surface area (Å²) in [5, 5.41) is 0.441. The van der Waals surface area contributed by atoms with E-state index in [9.17, 15) is 0 Å². The van der Waals surface area contributed by atoms with E-state index < -0.39 is 0 Å². The number of ether oxygens (including phenoxy) is 2. The second-order valence-corrected chi connectivity index (χ2v) is 4.26. The molecule has 5 heteroatoms. The fourth-order valence-electron chi connectivity index (χ4n) is 1.66. The van der Waals surface area contributed by atoms with Crippen LogP contribution < -0.4 is 10.5 Å². The average molecular weight is 243 g/mol. The maximum absolute atomic E-state index is 5.94. The number of nitrogen functional groups attached to an aromatic ring is 1. The van der Waals surface area contributed by atoms with Gasteiger partial charge in [0.05, 0.1) is 18.0 Å². The van der Waals surface area contributed by atoms with E-state index in [1.54, 1.807) is 6.07 Å². The maximum Gasteiger partial charge on any atom is 0.232 e. The molecule has 88 valence electrons. The lowest BCUT2D eigenvalue weighted by Gasteiger charge is -2.22. The molecule has 2 rings (SSSR count). The second-order valence-electron chi connectivity index (χ2n) is 3.86. The number of nitrogens with zero attached hydrogens (tertiary/aromatic N) is 1. The van der Waals surface area contributed by atoms with Crippen molar-refractivity contribution in [2.24, 2.45) is 0 Å². The van der Waals surface area contributed by atoms with Gasteiger partial charge in [0.2, 0.25) is 5.88 Å². The Kier molecular flexibility index (Phi) is 3.85. The second kappa shape index (κ2) is 5.37. The molecule has 0 radical (unpaired) electrons. The van der Waals surface area contributed by atoms with Gasteiger partial charge in [-0.25, -0.2) is 4.98 Å². The van der Waals surface area contributed by atoms with Crippen LogP contribution in [0, 0.1) is 0 Å². The van der Waals surface area contributed by atoms with Gasteiger partial charge in [-0.1, -0.05) is 11.6 Å². The molecule has 1 atom stereocenters. The lowest BCUT2D eigenvalue weighted by molar-refractivity contribution is -0.0119. The van der Waals surface area contributed by atoms with Crippen LogP contribution in [0.2, 0.25) is 5.02 Å². The molecule has 1 saturated heterocycles. The first-order chi connectivity index (χ1) is 7.75. The van der Waals surface area contributed by atoms with Gasteiger partial charge in [0.25, 0.3) is 0 Å². The van der Waals surface area contributed by atoms with Crippen LogP contribution in [0.4, 0.5) is 5.69 Å². The first-order valence-electron chi connectivity index (χ1n) is 5.41. The molecule has 0 aromatic carbocycles. The Morgan fingerprint density at radius 2 is 2.44 bits per heavy atom. The minimum atomic E-state index is 0.157. The van der Waals surface area contributed by atoms with Gasteiger partial charge in [-0.3, -0.25) is 0 Å². The number of hydrogen-bond acceptors (Lipinski definition) is 4. The third-order valence-electron chi connectivity index (χ3n) is 2.51. The minimum Gasteiger partial charge on any atom is -0.474 e. The normalized spacial score (nSPS) is 20.7. The summed E-state index contributed by atoms with van der Waals surface area (Å²) in [4.78, 5) is 4.03. The van der Waals surface area contributed by atoms with Gasteiger partial charge in [-0.2, -0.15) is 0 Å². The van der Waals surface area contributed by atoms with Crippen LogP contribution in [-0.4, -0.2) is 24.3 Å². The van der Waals surface area contributed by atoms with Gasteiger partial charge in [-0.05, 0) is 25.3 Å². The highest BCUT2D eigenvalue weighted by Gasteiger charge is 2.15. The molecular weight excluding hydrogens is 228 g/mol. The molecule has 1 aliphatic rings. The number of anilines is 1. The molecule has 2 heterocycles. The van der Waals surface area contributed by atoms with Crippen molar-refractivity contribution in [1.82, 2.24) is 4.98 Å². The van der Waals surface area contributed by atoms with E-state index in [2.05, 4.69) is 4.98 Å². The molecule has 1 aromatic heterocycles. The number of rotatable bonds is 3. The van der Waals surface area contributed by atoms with Crippen LogP contribution in [0.5, 0.6) is 5.88 Å². The van der Waals surface area contributed by atoms with Crippen LogP contribution in [-0.2, 0) is 4.74 Å². The summed E-state index contributed by atoms with van der Waals surface area (Å²) in [5.41, 5.74) is 6.07. The largest absolute Gasteiger partial charge is 0.474 e. The summed E-state index contributed by atoms with van der Waals surface area (Å²) in [6, 6.07) is 1.63. The van der Waals surface area contributed by atoms with Crippen molar-refractivity contribution in [3.8, 4) is 5.88 Å². The van der Waals surface area contributed by atoms with E-state index in [0.717, 1.165) is 19.4 Å². The molecule has 4 nitrogen and oxygen atoms in total. The maximum atomic E-state index is 5.94. The molecule has 0 aliphatic carbocycles. The predicted molar refractivity (Wildman–Crippen MR) is 62.7 cm³/mol. The molecule has 1 aromatic rings. The van der Waals surface area contributed by atoms with Crippen molar-refractivity contribution >= 4 is 17.3 Å². The fraction of sp³-hybridized carbons (Fsp3) is 0.545. The summed E-state index contributed by atoms with van der Waals surface area (Å²) in [7, 11) is 0. The van der Waals surface area contributed by atoms with Crippen molar-refractivity contribution in [3.05, 3.63) is 17.3 Å². The SMILES string of the molecule is Nc1cnc(OCC2CCCCO2)c(Cl)c1. The highest BCUT2D eigenvalue weighted by molar-refractivity contribution is 6.32. The number of nitrogens with two attached hydrogens (primary N) is 1. The zero-order valence-electron chi connectivity index (χ0n) is 8.99. The molecule has 0 bridgehead atoms. The highest BCUT2D eigenvalue weighted by atomic mass is 35.5. The molecule has 0 spiro atoms. The molecule has 16 heavy (non-hydrogen) atoms. The molecule has 2 N–H and O–H groups in total. The van der Waals surface area contributed by atoms with Gasteiger partial charge in [-0.15, -0.1) is 0 Å². The Morgan fingerprint density at radius 1 is 1.56 bits per heavy atom. The molecular formula is C11H15ClN2O2. The van der Waals surface area contributed by atoms with Crippen molar-refractivity contribution in [3.63, 3.8) is 0 Å². The van der Waals surface area contributed by atoms with Crippen LogP contribution in [0.15, 0.2) is 12.3 Å². The molecule has 1 unspecified atom stereocenters. The van der Waals surface area contributed by atoms with E-state index >= 15 is 0 Å². The van der Waals surface area contributed by atoms with E-state index in [1.807, 2.05) is 0 Å². The lowest BCUT2D eigenvalue weighted by atomic mass is 10.1. The number of pyridine rings is 1. The van der Waals surface area contributed by atoms with Gasteiger partial charge in [0.1, 0.15) is 11.6 Å². The standard InChI is InChI=1S/C11H15ClN2O2/c12-10-5-8(13)6-14-11(10)16-7-9-3-1-2-4-15-9/h5-6,9H,1-4,7,13H2. The fourth-order valence-corrected chi connectivity index (χ4v) is 1.89. The van der Waals surface area contributed by atoms with E-state index in [0.29, 0.717) is 23.2 Å². The topological polar surface area (TPSA) is 57.4 Å². The summed E-state index contributed by atoms with van der Waals surface area (Å²) in [5.74, 6) is 0.421. The summed E-state index contributed by atoms with van der Waals surface area (Å²) in [6.07, 6.45) is 5.05. The monoisotopic (exact) mass is 242 g/mol.